The van der Waals surface area contributed by atoms with E-state index in [2.05, 4.69) is 56.8 Å². The molecule has 1 N–H and O–H groups in total. The number of hydrogen-bond acceptors (Lipinski definition) is 5. The van der Waals surface area contributed by atoms with E-state index in [1.54, 1.807) is 0 Å². The van der Waals surface area contributed by atoms with Gasteiger partial charge in [0.2, 0.25) is 0 Å². The van der Waals surface area contributed by atoms with E-state index < -0.39 is 5.60 Å². The van der Waals surface area contributed by atoms with Crippen LogP contribution in [0, 0.1) is 10.5 Å². The summed E-state index contributed by atoms with van der Waals surface area (Å²) in [7, 11) is 0. The molecular formula is C21H33IN4O2. The van der Waals surface area contributed by atoms with E-state index in [0.29, 0.717) is 13.1 Å². The van der Waals surface area contributed by atoms with Crippen LogP contribution in [-0.2, 0) is 11.3 Å². The molecule has 2 aliphatic heterocycles. The standard InChI is InChI=1S/C21H33IN4O2/c1-16-17(15-24-7-5-23-6-8-24)13-18(14-19(16)22)25-9-11-26(12-10-25)20(27)28-21(2,3)4/h13-14,23H,5-12,15H2,1-4H3. The number of benzene rings is 1. The molecule has 2 saturated heterocycles. The molecule has 1 aromatic carbocycles. The third kappa shape index (κ3) is 5.73. The number of nitrogens with zero attached hydrogens (tertiary/aromatic N) is 3. The van der Waals surface area contributed by atoms with Crippen molar-refractivity contribution in [1.82, 2.24) is 15.1 Å². The Kier molecular flexibility index (Phi) is 7.09. The minimum absolute atomic E-state index is 0.204. The number of anilines is 1. The normalized spacial score (nSPS) is 19.0. The first-order valence-electron chi connectivity index (χ1n) is 10.2. The molecule has 0 saturated carbocycles. The fourth-order valence-electron chi connectivity index (χ4n) is 3.65. The maximum Gasteiger partial charge on any atom is 0.410 e. The van der Waals surface area contributed by atoms with Crippen molar-refractivity contribution in [2.75, 3.05) is 57.3 Å². The van der Waals surface area contributed by atoms with Gasteiger partial charge in [0.05, 0.1) is 0 Å². The molecule has 0 aliphatic carbocycles. The number of hydrogen-bond donors (Lipinski definition) is 1. The number of halogens is 1. The lowest BCUT2D eigenvalue weighted by Gasteiger charge is -2.37. The minimum Gasteiger partial charge on any atom is -0.444 e. The van der Waals surface area contributed by atoms with Crippen LogP contribution in [-0.4, -0.2) is 73.9 Å². The number of amides is 1. The summed E-state index contributed by atoms with van der Waals surface area (Å²) in [6.07, 6.45) is -0.204. The quantitative estimate of drug-likeness (QED) is 0.647. The Morgan fingerprint density at radius 1 is 1.11 bits per heavy atom. The van der Waals surface area contributed by atoms with Gasteiger partial charge in [0.25, 0.3) is 0 Å². The van der Waals surface area contributed by atoms with Gasteiger partial charge >= 0.3 is 6.09 Å². The van der Waals surface area contributed by atoms with E-state index in [9.17, 15) is 4.79 Å². The van der Waals surface area contributed by atoms with Gasteiger partial charge in [-0.05, 0) is 73.5 Å². The molecule has 2 heterocycles. The Bertz CT molecular complexity index is 690. The predicted octanol–water partition coefficient (Wildman–Crippen LogP) is 3.06. The number of carbonyl (C=O) groups excluding carboxylic acids is 1. The highest BCUT2D eigenvalue weighted by atomic mass is 127. The topological polar surface area (TPSA) is 48.1 Å². The molecule has 1 aromatic rings. The Labute approximate surface area is 182 Å². The van der Waals surface area contributed by atoms with Crippen molar-refractivity contribution < 1.29 is 9.53 Å². The van der Waals surface area contributed by atoms with Crippen molar-refractivity contribution in [3.05, 3.63) is 26.8 Å². The van der Waals surface area contributed by atoms with Gasteiger partial charge in [-0.25, -0.2) is 4.79 Å². The van der Waals surface area contributed by atoms with E-state index in [1.807, 2.05) is 25.7 Å². The second-order valence-corrected chi connectivity index (χ2v) is 9.85. The van der Waals surface area contributed by atoms with Crippen molar-refractivity contribution in [2.24, 2.45) is 0 Å². The first-order valence-corrected chi connectivity index (χ1v) is 11.3. The zero-order chi connectivity index (χ0) is 20.3. The molecule has 28 heavy (non-hydrogen) atoms. The molecule has 1 amide bonds. The van der Waals surface area contributed by atoms with Gasteiger partial charge < -0.3 is 19.9 Å². The number of nitrogens with one attached hydrogen (secondary N) is 1. The van der Waals surface area contributed by atoms with E-state index in [1.165, 1.54) is 20.4 Å². The molecule has 0 atom stereocenters. The summed E-state index contributed by atoms with van der Waals surface area (Å²) in [5.41, 5.74) is 3.62. The van der Waals surface area contributed by atoms with Gasteiger partial charge in [-0.15, -0.1) is 0 Å². The fraction of sp³-hybridized carbons (Fsp3) is 0.667. The average Bonchev–Trinajstić information content (AvgIpc) is 2.65. The fourth-order valence-corrected chi connectivity index (χ4v) is 4.32. The minimum atomic E-state index is -0.444. The highest BCUT2D eigenvalue weighted by molar-refractivity contribution is 14.1. The summed E-state index contributed by atoms with van der Waals surface area (Å²) in [6, 6.07) is 4.63. The predicted molar refractivity (Wildman–Crippen MR) is 122 cm³/mol. The molecular weight excluding hydrogens is 467 g/mol. The van der Waals surface area contributed by atoms with Crippen molar-refractivity contribution in [3.63, 3.8) is 0 Å². The maximum atomic E-state index is 12.3. The summed E-state index contributed by atoms with van der Waals surface area (Å²) in [5.74, 6) is 0. The monoisotopic (exact) mass is 500 g/mol. The first-order chi connectivity index (χ1) is 13.2. The molecule has 2 fully saturated rings. The zero-order valence-electron chi connectivity index (χ0n) is 17.6. The van der Waals surface area contributed by atoms with Gasteiger partial charge in [0.15, 0.2) is 0 Å². The van der Waals surface area contributed by atoms with Gasteiger partial charge in [0, 0.05) is 68.2 Å². The SMILES string of the molecule is Cc1c(I)cc(N2CCN(C(=O)OC(C)(C)C)CC2)cc1CN1CCNCC1. The van der Waals surface area contributed by atoms with Crippen LogP contribution in [0.15, 0.2) is 12.1 Å². The molecule has 0 radical (unpaired) electrons. The van der Waals surface area contributed by atoms with Gasteiger partial charge in [-0.3, -0.25) is 4.90 Å². The number of ether oxygens (including phenoxy) is 1. The van der Waals surface area contributed by atoms with Crippen LogP contribution in [0.5, 0.6) is 0 Å². The van der Waals surface area contributed by atoms with E-state index in [-0.39, 0.29) is 6.09 Å². The van der Waals surface area contributed by atoms with E-state index in [4.69, 9.17) is 4.74 Å². The van der Waals surface area contributed by atoms with Crippen LogP contribution < -0.4 is 10.2 Å². The molecule has 156 valence electrons. The Morgan fingerprint density at radius 3 is 2.36 bits per heavy atom. The largest absolute Gasteiger partial charge is 0.444 e. The van der Waals surface area contributed by atoms with E-state index >= 15 is 0 Å². The van der Waals surface area contributed by atoms with Crippen LogP contribution >= 0.6 is 22.6 Å². The van der Waals surface area contributed by atoms with Gasteiger partial charge in [-0.2, -0.15) is 0 Å². The Morgan fingerprint density at radius 2 is 1.75 bits per heavy atom. The summed E-state index contributed by atoms with van der Waals surface area (Å²) in [4.78, 5) is 19.0. The van der Waals surface area contributed by atoms with Crippen molar-refractivity contribution in [3.8, 4) is 0 Å². The summed E-state index contributed by atoms with van der Waals surface area (Å²) in [5, 5.41) is 3.42. The highest BCUT2D eigenvalue weighted by Gasteiger charge is 2.26. The average molecular weight is 500 g/mol. The third-order valence-corrected chi connectivity index (χ3v) is 6.46. The summed E-state index contributed by atoms with van der Waals surface area (Å²) in [6.45, 7) is 16.4. The lowest BCUT2D eigenvalue weighted by atomic mass is 10.1. The molecule has 3 rings (SSSR count). The van der Waals surface area contributed by atoms with Crippen LogP contribution in [0.25, 0.3) is 0 Å². The summed E-state index contributed by atoms with van der Waals surface area (Å²) < 4.78 is 6.83. The molecule has 7 heteroatoms. The van der Waals surface area contributed by atoms with Gasteiger partial charge in [-0.1, -0.05) is 0 Å². The van der Waals surface area contributed by atoms with E-state index in [0.717, 1.165) is 45.8 Å². The first kappa shape index (κ1) is 21.6. The molecule has 2 aliphatic rings. The number of carbonyl (C=O) groups is 1. The van der Waals surface area contributed by atoms with Crippen LogP contribution in [0.1, 0.15) is 31.9 Å². The van der Waals surface area contributed by atoms with Crippen molar-refractivity contribution in [1.29, 1.82) is 0 Å². The molecule has 0 spiro atoms. The molecule has 6 nitrogen and oxygen atoms in total. The maximum absolute atomic E-state index is 12.3. The molecule has 0 bridgehead atoms. The second kappa shape index (κ2) is 9.17. The lowest BCUT2D eigenvalue weighted by molar-refractivity contribution is 0.0240. The lowest BCUT2D eigenvalue weighted by Crippen LogP contribution is -2.50. The molecule has 0 aromatic heterocycles. The van der Waals surface area contributed by atoms with Crippen LogP contribution in [0.2, 0.25) is 0 Å². The molecule has 0 unspecified atom stereocenters. The van der Waals surface area contributed by atoms with Crippen molar-refractivity contribution in [2.45, 2.75) is 39.8 Å². The number of piperazine rings is 2. The third-order valence-electron chi connectivity index (χ3n) is 5.34. The van der Waals surface area contributed by atoms with Crippen molar-refractivity contribution >= 4 is 34.4 Å². The smallest absolute Gasteiger partial charge is 0.410 e. The Balaban J connectivity index is 1.65. The zero-order valence-corrected chi connectivity index (χ0v) is 19.7. The van der Waals surface area contributed by atoms with Crippen LogP contribution in [0.4, 0.5) is 10.5 Å². The second-order valence-electron chi connectivity index (χ2n) is 8.69. The summed E-state index contributed by atoms with van der Waals surface area (Å²) >= 11 is 2.45. The highest BCUT2D eigenvalue weighted by Crippen LogP contribution is 2.27. The number of rotatable bonds is 3. The Hall–Kier alpha value is -1.06. The van der Waals surface area contributed by atoms with Crippen LogP contribution in [0.3, 0.4) is 0 Å². The van der Waals surface area contributed by atoms with Gasteiger partial charge in [0.1, 0.15) is 5.60 Å².